The molecule has 0 aromatic heterocycles. The van der Waals surface area contributed by atoms with E-state index in [0.717, 1.165) is 0 Å². The van der Waals surface area contributed by atoms with Crippen LogP contribution in [0.3, 0.4) is 0 Å². The van der Waals surface area contributed by atoms with Crippen molar-refractivity contribution in [2.45, 2.75) is 51.7 Å². The number of hydrogen-bond donors (Lipinski definition) is 2. The van der Waals surface area contributed by atoms with Crippen LogP contribution in [0.1, 0.15) is 39.2 Å². The van der Waals surface area contributed by atoms with Crippen molar-refractivity contribution in [3.8, 4) is 11.5 Å². The summed E-state index contributed by atoms with van der Waals surface area (Å²) in [5.41, 5.74) is -0.362. The smallest absolute Gasteiger partial charge is 0.312 e. The summed E-state index contributed by atoms with van der Waals surface area (Å²) in [4.78, 5) is 23.2. The van der Waals surface area contributed by atoms with E-state index in [2.05, 4.69) is 0 Å². The van der Waals surface area contributed by atoms with Crippen LogP contribution in [0.15, 0.2) is 12.1 Å². The van der Waals surface area contributed by atoms with E-state index in [9.17, 15) is 19.1 Å². The fourth-order valence-electron chi connectivity index (χ4n) is 2.62. The third-order valence-electron chi connectivity index (χ3n) is 3.77. The summed E-state index contributed by atoms with van der Waals surface area (Å²) < 4.78 is 29.6. The van der Waals surface area contributed by atoms with Gasteiger partial charge >= 0.3 is 11.9 Å². The Kier molecular flexibility index (Phi) is 6.07. The van der Waals surface area contributed by atoms with Crippen molar-refractivity contribution in [1.82, 2.24) is 0 Å². The topological polar surface area (TPSA) is 102 Å². The number of fused-ring (bicyclic) bond motifs is 1. The molecule has 1 aliphatic heterocycles. The average molecular weight is 370 g/mol. The molecule has 0 bridgehead atoms. The van der Waals surface area contributed by atoms with E-state index < -0.39 is 35.4 Å². The van der Waals surface area contributed by atoms with Gasteiger partial charge in [-0.25, -0.2) is 4.39 Å². The first-order valence-electron chi connectivity index (χ1n) is 8.27. The van der Waals surface area contributed by atoms with Crippen LogP contribution < -0.4 is 9.47 Å². The predicted molar refractivity (Wildman–Crippen MR) is 88.4 cm³/mol. The summed E-state index contributed by atoms with van der Waals surface area (Å²) in [7, 11) is 0. The summed E-state index contributed by atoms with van der Waals surface area (Å²) in [5.74, 6) is -3.18. The number of benzene rings is 1. The molecule has 7 nitrogen and oxygen atoms in total. The number of carboxylic acids is 1. The summed E-state index contributed by atoms with van der Waals surface area (Å²) in [5, 5.41) is 19.1. The second kappa shape index (κ2) is 7.90. The van der Waals surface area contributed by atoms with Gasteiger partial charge in [-0.05, 0) is 51.3 Å². The highest BCUT2D eigenvalue weighted by Gasteiger charge is 2.32. The Morgan fingerprint density at radius 3 is 2.62 bits per heavy atom. The van der Waals surface area contributed by atoms with Gasteiger partial charge in [-0.2, -0.15) is 0 Å². The van der Waals surface area contributed by atoms with Gasteiger partial charge in [-0.15, -0.1) is 0 Å². The lowest BCUT2D eigenvalue weighted by Gasteiger charge is -2.26. The van der Waals surface area contributed by atoms with E-state index in [1.807, 2.05) is 0 Å². The third-order valence-corrected chi connectivity index (χ3v) is 3.77. The molecule has 144 valence electrons. The molecule has 1 unspecified atom stereocenters. The zero-order valence-electron chi connectivity index (χ0n) is 15.0. The number of aliphatic hydroxyl groups excluding tert-OH is 1. The maximum atomic E-state index is 14.1. The zero-order chi connectivity index (χ0) is 19.5. The van der Waals surface area contributed by atoms with Crippen LogP contribution in [0.2, 0.25) is 0 Å². The minimum atomic E-state index is -1.24. The van der Waals surface area contributed by atoms with Crippen LogP contribution in [0, 0.1) is 11.7 Å². The molecule has 0 radical (unpaired) electrons. The molecule has 2 atom stereocenters. The van der Waals surface area contributed by atoms with Crippen LogP contribution in [-0.2, 0) is 20.7 Å². The van der Waals surface area contributed by atoms with Crippen LogP contribution in [0.25, 0.3) is 0 Å². The number of halogens is 1. The molecular formula is C18H23FO7. The number of ether oxygens (including phenoxy) is 3. The van der Waals surface area contributed by atoms with Crippen molar-refractivity contribution >= 4 is 11.9 Å². The normalized spacial score (nSPS) is 15.4. The van der Waals surface area contributed by atoms with Crippen LogP contribution in [0.5, 0.6) is 11.5 Å². The standard InChI is InChI=1S/C18H23FO7/c1-18(2,3)26-17(23)11(13(20)4-5-15(21)22)6-10-7-12(19)16-14(8-10)24-9-25-16/h7-8,11,13,20H,4-6,9H2,1-3H3,(H,21,22)/t11-,13?/m0/s1. The number of hydrogen-bond acceptors (Lipinski definition) is 6. The Bertz CT molecular complexity index is 681. The molecule has 1 aliphatic rings. The SMILES string of the molecule is CC(C)(C)OC(=O)[C@@H](Cc1cc(F)c2c(c1)OCO2)C(O)CCC(=O)O. The Morgan fingerprint density at radius 2 is 2.00 bits per heavy atom. The highest BCUT2D eigenvalue weighted by Crippen LogP contribution is 2.36. The molecule has 0 aliphatic carbocycles. The lowest BCUT2D eigenvalue weighted by Crippen LogP contribution is -2.36. The van der Waals surface area contributed by atoms with Crippen molar-refractivity contribution in [1.29, 1.82) is 0 Å². The molecule has 1 aromatic carbocycles. The first kappa shape index (κ1) is 20.0. The fraction of sp³-hybridized carbons (Fsp3) is 0.556. The monoisotopic (exact) mass is 370 g/mol. The molecule has 2 N–H and O–H groups in total. The predicted octanol–water partition coefficient (Wildman–Crippen LogP) is 2.28. The van der Waals surface area contributed by atoms with E-state index in [-0.39, 0.29) is 37.6 Å². The second-order valence-corrected chi connectivity index (χ2v) is 7.16. The Labute approximate surface area is 150 Å². The van der Waals surface area contributed by atoms with Crippen molar-refractivity contribution in [2.75, 3.05) is 6.79 Å². The van der Waals surface area contributed by atoms with E-state index >= 15 is 0 Å². The average Bonchev–Trinajstić information content (AvgIpc) is 2.97. The largest absolute Gasteiger partial charge is 0.481 e. The highest BCUT2D eigenvalue weighted by molar-refractivity contribution is 5.74. The van der Waals surface area contributed by atoms with Gasteiger partial charge in [0.25, 0.3) is 0 Å². The molecular weight excluding hydrogens is 347 g/mol. The molecule has 0 saturated carbocycles. The third kappa shape index (κ3) is 5.32. The first-order valence-corrected chi connectivity index (χ1v) is 8.27. The number of carbonyl (C=O) groups excluding carboxylic acids is 1. The van der Waals surface area contributed by atoms with Crippen molar-refractivity contribution in [2.24, 2.45) is 5.92 Å². The van der Waals surface area contributed by atoms with Gasteiger partial charge in [-0.1, -0.05) is 0 Å². The Balaban J connectivity index is 2.21. The van der Waals surface area contributed by atoms with E-state index in [1.165, 1.54) is 12.1 Å². The highest BCUT2D eigenvalue weighted by atomic mass is 19.1. The van der Waals surface area contributed by atoms with E-state index in [0.29, 0.717) is 5.56 Å². The summed E-state index contributed by atoms with van der Waals surface area (Å²) in [6, 6.07) is 2.74. The first-order chi connectivity index (χ1) is 12.1. The Morgan fingerprint density at radius 1 is 1.31 bits per heavy atom. The zero-order valence-corrected chi connectivity index (χ0v) is 15.0. The van der Waals surface area contributed by atoms with Crippen LogP contribution >= 0.6 is 0 Å². The second-order valence-electron chi connectivity index (χ2n) is 7.16. The van der Waals surface area contributed by atoms with Gasteiger partial charge in [0.2, 0.25) is 12.5 Å². The quantitative estimate of drug-likeness (QED) is 0.710. The van der Waals surface area contributed by atoms with Crippen LogP contribution in [0.4, 0.5) is 4.39 Å². The maximum absolute atomic E-state index is 14.1. The number of rotatable bonds is 7. The van der Waals surface area contributed by atoms with Crippen molar-refractivity contribution < 1.29 is 38.4 Å². The van der Waals surface area contributed by atoms with E-state index in [4.69, 9.17) is 19.3 Å². The van der Waals surface area contributed by atoms with Gasteiger partial charge < -0.3 is 24.4 Å². The van der Waals surface area contributed by atoms with Gasteiger partial charge in [0.05, 0.1) is 12.0 Å². The summed E-state index contributed by atoms with van der Waals surface area (Å²) >= 11 is 0. The number of aliphatic carboxylic acids is 1. The lowest BCUT2D eigenvalue weighted by molar-refractivity contribution is -0.164. The van der Waals surface area contributed by atoms with Gasteiger partial charge in [0, 0.05) is 6.42 Å². The summed E-state index contributed by atoms with van der Waals surface area (Å²) in [6.07, 6.45) is -1.68. The molecule has 0 spiro atoms. The number of aliphatic hydroxyl groups is 1. The Hall–Kier alpha value is -2.35. The molecule has 0 amide bonds. The molecule has 1 aromatic rings. The van der Waals surface area contributed by atoms with Gasteiger partial charge in [0.1, 0.15) is 5.60 Å². The molecule has 2 rings (SSSR count). The molecule has 8 heteroatoms. The van der Waals surface area contributed by atoms with Gasteiger partial charge in [0.15, 0.2) is 11.6 Å². The molecule has 0 fully saturated rings. The van der Waals surface area contributed by atoms with Crippen molar-refractivity contribution in [3.63, 3.8) is 0 Å². The molecule has 0 saturated heterocycles. The number of carbonyl (C=O) groups is 2. The maximum Gasteiger partial charge on any atom is 0.312 e. The molecule has 26 heavy (non-hydrogen) atoms. The number of carboxylic acid groups (broad SMARTS) is 1. The lowest BCUT2D eigenvalue weighted by atomic mass is 9.91. The minimum absolute atomic E-state index is 0.00833. The minimum Gasteiger partial charge on any atom is -0.481 e. The fourth-order valence-corrected chi connectivity index (χ4v) is 2.62. The van der Waals surface area contributed by atoms with Crippen LogP contribution in [-0.4, -0.2) is 40.6 Å². The summed E-state index contributed by atoms with van der Waals surface area (Å²) in [6.45, 7) is 4.97. The molecule has 1 heterocycles. The van der Waals surface area contributed by atoms with Gasteiger partial charge in [-0.3, -0.25) is 9.59 Å². The van der Waals surface area contributed by atoms with E-state index in [1.54, 1.807) is 20.8 Å². The van der Waals surface area contributed by atoms with Crippen molar-refractivity contribution in [3.05, 3.63) is 23.5 Å². The number of esters is 1.